The van der Waals surface area contributed by atoms with Crippen molar-refractivity contribution in [2.24, 2.45) is 0 Å². The fourth-order valence-electron chi connectivity index (χ4n) is 3.68. The number of alkyl halides is 1. The molecule has 1 atom stereocenters. The number of fused-ring (bicyclic) bond motifs is 1. The molecule has 1 fully saturated rings. The first-order valence-electron chi connectivity index (χ1n) is 9.62. The van der Waals surface area contributed by atoms with Crippen molar-refractivity contribution in [1.29, 1.82) is 0 Å². The predicted molar refractivity (Wildman–Crippen MR) is 104 cm³/mol. The molecule has 0 aromatic heterocycles. The molecule has 1 unspecified atom stereocenters. The summed E-state index contributed by atoms with van der Waals surface area (Å²) in [4.78, 5) is 50.6. The van der Waals surface area contributed by atoms with E-state index in [0.29, 0.717) is 11.1 Å². The van der Waals surface area contributed by atoms with Gasteiger partial charge in [-0.05, 0) is 38.0 Å². The van der Waals surface area contributed by atoms with Crippen molar-refractivity contribution >= 4 is 35.2 Å². The van der Waals surface area contributed by atoms with Crippen LogP contribution in [0.25, 0.3) is 0 Å². The Morgan fingerprint density at radius 1 is 1.07 bits per heavy atom. The zero-order valence-corrected chi connectivity index (χ0v) is 16.6. The van der Waals surface area contributed by atoms with Gasteiger partial charge in [0, 0.05) is 24.7 Å². The van der Waals surface area contributed by atoms with Crippen molar-refractivity contribution < 1.29 is 19.2 Å². The summed E-state index contributed by atoms with van der Waals surface area (Å²) < 4.78 is 0. The monoisotopic (exact) mass is 405 g/mol. The van der Waals surface area contributed by atoms with Crippen LogP contribution in [0.5, 0.6) is 0 Å². The summed E-state index contributed by atoms with van der Waals surface area (Å²) in [5, 5.41) is 4.64. The Bertz CT molecular complexity index is 803. The third kappa shape index (κ3) is 4.19. The molecule has 1 saturated carbocycles. The molecule has 1 aliphatic heterocycles. The van der Waals surface area contributed by atoms with Gasteiger partial charge in [0.05, 0.1) is 11.1 Å². The van der Waals surface area contributed by atoms with Crippen molar-refractivity contribution in [1.82, 2.24) is 15.5 Å². The minimum absolute atomic E-state index is 0.0497. The van der Waals surface area contributed by atoms with Crippen LogP contribution in [0.15, 0.2) is 18.2 Å². The Kier molecular flexibility index (Phi) is 6.34. The number of nitrogens with zero attached hydrogens (tertiary/aromatic N) is 1. The van der Waals surface area contributed by atoms with Crippen molar-refractivity contribution in [3.8, 4) is 0 Å². The molecule has 3 rings (SSSR count). The molecule has 1 aromatic rings. The molecule has 2 N–H and O–H groups in total. The number of rotatable bonds is 6. The van der Waals surface area contributed by atoms with Gasteiger partial charge in [0.15, 0.2) is 0 Å². The number of carbonyl (C=O) groups excluding carboxylic acids is 4. The van der Waals surface area contributed by atoms with Crippen LogP contribution in [0.3, 0.4) is 0 Å². The standard InChI is InChI=1S/C20H24ClN3O4/c1-12(21)17(25)22-9-10-23-18(26)13-7-8-15-16(11-13)20(28)24(19(15)27)14-5-3-2-4-6-14/h7-8,11-12,14H,2-6,9-10H2,1H3,(H,22,25)(H,23,26). The van der Waals surface area contributed by atoms with Crippen molar-refractivity contribution in [2.45, 2.75) is 50.4 Å². The van der Waals surface area contributed by atoms with E-state index in [1.165, 1.54) is 11.0 Å². The fraction of sp³-hybridized carbons (Fsp3) is 0.500. The average molecular weight is 406 g/mol. The third-order valence-electron chi connectivity index (χ3n) is 5.19. The van der Waals surface area contributed by atoms with Gasteiger partial charge in [-0.2, -0.15) is 0 Å². The molecule has 0 bridgehead atoms. The summed E-state index contributed by atoms with van der Waals surface area (Å²) in [6, 6.07) is 4.52. The molecule has 7 nitrogen and oxygen atoms in total. The van der Waals surface area contributed by atoms with Crippen LogP contribution >= 0.6 is 11.6 Å². The largest absolute Gasteiger partial charge is 0.353 e. The molecule has 0 spiro atoms. The molecule has 1 heterocycles. The highest BCUT2D eigenvalue weighted by Gasteiger charge is 2.40. The fourth-order valence-corrected chi connectivity index (χ4v) is 3.75. The Hall–Kier alpha value is -2.41. The lowest BCUT2D eigenvalue weighted by molar-refractivity contribution is -0.120. The van der Waals surface area contributed by atoms with Crippen LogP contribution in [0.4, 0.5) is 0 Å². The lowest BCUT2D eigenvalue weighted by Crippen LogP contribution is -2.40. The highest BCUT2D eigenvalue weighted by Crippen LogP contribution is 2.31. The molecule has 0 saturated heterocycles. The van der Waals surface area contributed by atoms with Crippen molar-refractivity contribution in [3.63, 3.8) is 0 Å². The van der Waals surface area contributed by atoms with E-state index in [1.807, 2.05) is 0 Å². The molecular formula is C20H24ClN3O4. The predicted octanol–water partition coefficient (Wildman–Crippen LogP) is 2.09. The van der Waals surface area contributed by atoms with E-state index in [4.69, 9.17) is 11.6 Å². The van der Waals surface area contributed by atoms with Crippen molar-refractivity contribution in [2.75, 3.05) is 13.1 Å². The topological polar surface area (TPSA) is 95.6 Å². The van der Waals surface area contributed by atoms with Crippen LogP contribution in [-0.2, 0) is 4.79 Å². The lowest BCUT2D eigenvalue weighted by atomic mass is 9.94. The maximum absolute atomic E-state index is 12.8. The van der Waals surface area contributed by atoms with E-state index in [2.05, 4.69) is 10.6 Å². The zero-order valence-electron chi connectivity index (χ0n) is 15.8. The van der Waals surface area contributed by atoms with Gasteiger partial charge in [0.1, 0.15) is 5.38 Å². The summed E-state index contributed by atoms with van der Waals surface area (Å²) in [5.74, 6) is -1.26. The van der Waals surface area contributed by atoms with Crippen LogP contribution in [0.2, 0.25) is 0 Å². The number of benzene rings is 1. The van der Waals surface area contributed by atoms with E-state index in [0.717, 1.165) is 32.1 Å². The quantitative estimate of drug-likeness (QED) is 0.430. The van der Waals surface area contributed by atoms with E-state index in [9.17, 15) is 19.2 Å². The van der Waals surface area contributed by atoms with E-state index >= 15 is 0 Å². The van der Waals surface area contributed by atoms with E-state index in [1.54, 1.807) is 19.1 Å². The molecule has 28 heavy (non-hydrogen) atoms. The summed E-state index contributed by atoms with van der Waals surface area (Å²) in [7, 11) is 0. The van der Waals surface area contributed by atoms with Crippen molar-refractivity contribution in [3.05, 3.63) is 34.9 Å². The van der Waals surface area contributed by atoms with Gasteiger partial charge >= 0.3 is 0 Å². The number of nitrogens with one attached hydrogen (secondary N) is 2. The minimum Gasteiger partial charge on any atom is -0.353 e. The average Bonchev–Trinajstić information content (AvgIpc) is 2.95. The number of halogens is 1. The zero-order chi connectivity index (χ0) is 20.3. The normalized spacial score (nSPS) is 18.0. The lowest BCUT2D eigenvalue weighted by Gasteiger charge is -2.29. The minimum atomic E-state index is -0.636. The number of hydrogen-bond donors (Lipinski definition) is 2. The van der Waals surface area contributed by atoms with Crippen LogP contribution < -0.4 is 10.6 Å². The number of imide groups is 1. The maximum atomic E-state index is 12.8. The highest BCUT2D eigenvalue weighted by atomic mass is 35.5. The van der Waals surface area contributed by atoms with E-state index in [-0.39, 0.29) is 48.3 Å². The molecule has 1 aromatic carbocycles. The Morgan fingerprint density at radius 3 is 2.39 bits per heavy atom. The second-order valence-electron chi connectivity index (χ2n) is 7.20. The van der Waals surface area contributed by atoms with Gasteiger partial charge in [-0.15, -0.1) is 11.6 Å². The summed E-state index contributed by atoms with van der Waals surface area (Å²) in [5.41, 5.74) is 0.949. The molecular weight excluding hydrogens is 382 g/mol. The van der Waals surface area contributed by atoms with Crippen LogP contribution in [0, 0.1) is 0 Å². The van der Waals surface area contributed by atoms with Gasteiger partial charge in [0.2, 0.25) is 5.91 Å². The SMILES string of the molecule is CC(Cl)C(=O)NCCNC(=O)c1ccc2c(c1)C(=O)N(C1CCCCC1)C2=O. The van der Waals surface area contributed by atoms with Gasteiger partial charge in [-0.25, -0.2) is 0 Å². The molecule has 150 valence electrons. The summed E-state index contributed by atoms with van der Waals surface area (Å²) in [6.07, 6.45) is 4.85. The number of carbonyl (C=O) groups is 4. The van der Waals surface area contributed by atoms with Gasteiger partial charge < -0.3 is 10.6 Å². The summed E-state index contributed by atoms with van der Waals surface area (Å²) in [6.45, 7) is 2.04. The first-order chi connectivity index (χ1) is 13.4. The van der Waals surface area contributed by atoms with Gasteiger partial charge in [0.25, 0.3) is 17.7 Å². The first-order valence-corrected chi connectivity index (χ1v) is 10.1. The second-order valence-corrected chi connectivity index (χ2v) is 7.85. The molecule has 2 aliphatic rings. The van der Waals surface area contributed by atoms with E-state index < -0.39 is 5.38 Å². The maximum Gasteiger partial charge on any atom is 0.261 e. The molecule has 0 radical (unpaired) electrons. The highest BCUT2D eigenvalue weighted by molar-refractivity contribution is 6.30. The number of amides is 4. The molecule has 8 heteroatoms. The molecule has 1 aliphatic carbocycles. The Labute approximate surface area is 168 Å². The smallest absolute Gasteiger partial charge is 0.261 e. The van der Waals surface area contributed by atoms with Gasteiger partial charge in [-0.1, -0.05) is 19.3 Å². The first kappa shape index (κ1) is 20.3. The van der Waals surface area contributed by atoms with Crippen LogP contribution in [-0.4, -0.2) is 53.0 Å². The summed E-state index contributed by atoms with van der Waals surface area (Å²) >= 11 is 5.65. The third-order valence-corrected chi connectivity index (χ3v) is 5.39. The Balaban J connectivity index is 1.63. The number of hydrogen-bond acceptors (Lipinski definition) is 4. The second kappa shape index (κ2) is 8.73. The van der Waals surface area contributed by atoms with Crippen LogP contribution in [0.1, 0.15) is 70.1 Å². The Morgan fingerprint density at radius 2 is 1.71 bits per heavy atom. The molecule has 4 amide bonds. The van der Waals surface area contributed by atoms with Gasteiger partial charge in [-0.3, -0.25) is 24.1 Å².